The summed E-state index contributed by atoms with van der Waals surface area (Å²) < 4.78 is 0. The Balaban J connectivity index is 3.02. The molecular formula is C7H6NS. The molecule has 0 aliphatic carbocycles. The van der Waals surface area contributed by atoms with Crippen LogP contribution in [0.3, 0.4) is 0 Å². The van der Waals surface area contributed by atoms with E-state index in [1.807, 2.05) is 10.8 Å². The van der Waals surface area contributed by atoms with Crippen molar-refractivity contribution in [1.29, 1.82) is 5.26 Å². The van der Waals surface area contributed by atoms with Crippen molar-refractivity contribution in [2.45, 2.75) is 6.42 Å². The SMILES string of the molecule is [CH2]Cc1cscc1C#N. The fraction of sp³-hybridized carbons (Fsp3) is 0.143. The van der Waals surface area contributed by atoms with Gasteiger partial charge in [-0.2, -0.15) is 16.6 Å². The summed E-state index contributed by atoms with van der Waals surface area (Å²) in [6.45, 7) is 3.69. The molecule has 9 heavy (non-hydrogen) atoms. The van der Waals surface area contributed by atoms with Crippen molar-refractivity contribution >= 4 is 11.3 Å². The van der Waals surface area contributed by atoms with Crippen LogP contribution >= 0.6 is 11.3 Å². The number of hydrogen-bond donors (Lipinski definition) is 0. The first kappa shape index (κ1) is 6.31. The van der Waals surface area contributed by atoms with Crippen LogP contribution in [0.4, 0.5) is 0 Å². The number of rotatable bonds is 1. The van der Waals surface area contributed by atoms with Gasteiger partial charge < -0.3 is 0 Å². The lowest BCUT2D eigenvalue weighted by atomic mass is 10.2. The summed E-state index contributed by atoms with van der Waals surface area (Å²) in [5.41, 5.74) is 1.83. The van der Waals surface area contributed by atoms with Gasteiger partial charge in [0, 0.05) is 5.38 Å². The maximum Gasteiger partial charge on any atom is 0.100 e. The second-order valence-electron chi connectivity index (χ2n) is 1.67. The predicted octanol–water partition coefficient (Wildman–Crippen LogP) is 2.00. The molecule has 45 valence electrons. The van der Waals surface area contributed by atoms with Crippen LogP contribution in [0.1, 0.15) is 11.1 Å². The third-order valence-corrected chi connectivity index (χ3v) is 1.92. The monoisotopic (exact) mass is 136 g/mol. The van der Waals surface area contributed by atoms with Crippen molar-refractivity contribution in [3.63, 3.8) is 0 Å². The molecule has 0 N–H and O–H groups in total. The molecule has 0 saturated heterocycles. The van der Waals surface area contributed by atoms with Crippen LogP contribution in [0.15, 0.2) is 10.8 Å². The van der Waals surface area contributed by atoms with E-state index < -0.39 is 0 Å². The minimum atomic E-state index is 0.715. The molecule has 1 heterocycles. The Morgan fingerprint density at radius 1 is 1.67 bits per heavy atom. The Kier molecular flexibility index (Phi) is 1.86. The largest absolute Gasteiger partial charge is 0.192 e. The zero-order valence-electron chi connectivity index (χ0n) is 4.92. The molecule has 0 unspecified atom stereocenters. The van der Waals surface area contributed by atoms with E-state index in [0.29, 0.717) is 6.42 Å². The van der Waals surface area contributed by atoms with Gasteiger partial charge in [-0.15, -0.1) is 0 Å². The zero-order chi connectivity index (χ0) is 6.69. The Morgan fingerprint density at radius 2 is 2.44 bits per heavy atom. The van der Waals surface area contributed by atoms with Gasteiger partial charge in [-0.25, -0.2) is 0 Å². The van der Waals surface area contributed by atoms with Crippen molar-refractivity contribution in [2.24, 2.45) is 0 Å². The Bertz CT molecular complexity index is 231. The van der Waals surface area contributed by atoms with Crippen molar-refractivity contribution in [1.82, 2.24) is 0 Å². The number of nitriles is 1. The lowest BCUT2D eigenvalue weighted by molar-refractivity contribution is 1.28. The summed E-state index contributed by atoms with van der Waals surface area (Å²) in [4.78, 5) is 0. The van der Waals surface area contributed by atoms with Gasteiger partial charge in [0.05, 0.1) is 5.56 Å². The first-order valence-corrected chi connectivity index (χ1v) is 3.57. The fourth-order valence-electron chi connectivity index (χ4n) is 0.615. The predicted molar refractivity (Wildman–Crippen MR) is 38.1 cm³/mol. The Labute approximate surface area is 58.6 Å². The average molecular weight is 136 g/mol. The van der Waals surface area contributed by atoms with Crippen LogP contribution in [0, 0.1) is 18.3 Å². The molecule has 1 radical (unpaired) electrons. The summed E-state index contributed by atoms with van der Waals surface area (Å²) in [5.74, 6) is 0. The molecule has 1 nitrogen and oxygen atoms in total. The van der Waals surface area contributed by atoms with Crippen LogP contribution in [0.5, 0.6) is 0 Å². The topological polar surface area (TPSA) is 23.8 Å². The van der Waals surface area contributed by atoms with E-state index in [1.54, 1.807) is 11.3 Å². The highest BCUT2D eigenvalue weighted by Crippen LogP contribution is 2.13. The number of thiophene rings is 1. The zero-order valence-corrected chi connectivity index (χ0v) is 5.74. The van der Waals surface area contributed by atoms with Gasteiger partial charge in [-0.05, 0) is 24.3 Å². The molecule has 1 rings (SSSR count). The van der Waals surface area contributed by atoms with Crippen LogP contribution < -0.4 is 0 Å². The van der Waals surface area contributed by atoms with Crippen molar-refractivity contribution in [3.8, 4) is 6.07 Å². The Hall–Kier alpha value is -0.810. The molecule has 0 fully saturated rings. The molecular weight excluding hydrogens is 130 g/mol. The molecule has 2 heteroatoms. The highest BCUT2D eigenvalue weighted by Gasteiger charge is 1.97. The molecule has 0 saturated carbocycles. The highest BCUT2D eigenvalue weighted by molar-refractivity contribution is 7.08. The van der Waals surface area contributed by atoms with Crippen LogP contribution in [-0.4, -0.2) is 0 Å². The molecule has 0 spiro atoms. The van der Waals surface area contributed by atoms with E-state index in [1.165, 1.54) is 0 Å². The van der Waals surface area contributed by atoms with Gasteiger partial charge in [-0.1, -0.05) is 0 Å². The second-order valence-corrected chi connectivity index (χ2v) is 2.42. The summed E-state index contributed by atoms with van der Waals surface area (Å²) in [5, 5.41) is 12.3. The smallest absolute Gasteiger partial charge is 0.100 e. The van der Waals surface area contributed by atoms with Gasteiger partial charge >= 0.3 is 0 Å². The maximum atomic E-state index is 8.47. The van der Waals surface area contributed by atoms with Crippen LogP contribution in [0.25, 0.3) is 0 Å². The molecule has 0 amide bonds. The first-order chi connectivity index (χ1) is 4.38. The van der Waals surface area contributed by atoms with Gasteiger partial charge in [0.25, 0.3) is 0 Å². The highest BCUT2D eigenvalue weighted by atomic mass is 32.1. The summed E-state index contributed by atoms with van der Waals surface area (Å²) >= 11 is 1.55. The number of nitrogens with zero attached hydrogens (tertiary/aromatic N) is 1. The number of hydrogen-bond acceptors (Lipinski definition) is 2. The van der Waals surface area contributed by atoms with E-state index in [-0.39, 0.29) is 0 Å². The fourth-order valence-corrected chi connectivity index (χ4v) is 1.43. The van der Waals surface area contributed by atoms with E-state index in [9.17, 15) is 0 Å². The minimum Gasteiger partial charge on any atom is -0.192 e. The first-order valence-electron chi connectivity index (χ1n) is 2.63. The van der Waals surface area contributed by atoms with Crippen LogP contribution in [-0.2, 0) is 6.42 Å². The molecule has 0 aliphatic rings. The summed E-state index contributed by atoms with van der Waals surface area (Å²) in [7, 11) is 0. The summed E-state index contributed by atoms with van der Waals surface area (Å²) in [6, 6.07) is 2.10. The molecule has 1 aromatic heterocycles. The van der Waals surface area contributed by atoms with Gasteiger partial charge in [0.15, 0.2) is 0 Å². The second kappa shape index (κ2) is 2.65. The molecule has 0 aliphatic heterocycles. The lowest BCUT2D eigenvalue weighted by Gasteiger charge is -1.85. The van der Waals surface area contributed by atoms with Crippen molar-refractivity contribution < 1.29 is 0 Å². The van der Waals surface area contributed by atoms with Gasteiger partial charge in [0.1, 0.15) is 6.07 Å². The van der Waals surface area contributed by atoms with Crippen molar-refractivity contribution in [3.05, 3.63) is 28.8 Å². The standard InChI is InChI=1S/C7H6NS/c1-2-6-4-9-5-7(6)3-8/h4-5H,1-2H2. The van der Waals surface area contributed by atoms with Crippen LogP contribution in [0.2, 0.25) is 0 Å². The normalized spacial score (nSPS) is 8.89. The van der Waals surface area contributed by atoms with E-state index in [0.717, 1.165) is 11.1 Å². The molecule has 0 bridgehead atoms. The van der Waals surface area contributed by atoms with E-state index in [4.69, 9.17) is 5.26 Å². The van der Waals surface area contributed by atoms with Gasteiger partial charge in [0.2, 0.25) is 0 Å². The van der Waals surface area contributed by atoms with Crippen molar-refractivity contribution in [2.75, 3.05) is 0 Å². The molecule has 1 aromatic rings. The average Bonchev–Trinajstić information content (AvgIpc) is 2.33. The molecule has 0 aromatic carbocycles. The van der Waals surface area contributed by atoms with E-state index >= 15 is 0 Å². The van der Waals surface area contributed by atoms with E-state index in [2.05, 4.69) is 13.0 Å². The minimum absolute atomic E-state index is 0.715. The summed E-state index contributed by atoms with van der Waals surface area (Å²) in [6.07, 6.45) is 0.715. The quantitative estimate of drug-likeness (QED) is 0.579. The van der Waals surface area contributed by atoms with Gasteiger partial charge in [-0.3, -0.25) is 0 Å². The maximum absolute atomic E-state index is 8.47. The third kappa shape index (κ3) is 1.11. The lowest BCUT2D eigenvalue weighted by Crippen LogP contribution is -1.77. The third-order valence-electron chi connectivity index (χ3n) is 1.13. The molecule has 0 atom stereocenters. The Morgan fingerprint density at radius 3 is 2.89 bits per heavy atom.